The largest absolute Gasteiger partial charge is 0.415 e. The molecule has 0 radical (unpaired) electrons. The van der Waals surface area contributed by atoms with Crippen molar-refractivity contribution in [2.45, 2.75) is 60.9 Å². The van der Waals surface area contributed by atoms with E-state index in [0.717, 1.165) is 17.5 Å². The molecule has 0 unspecified atom stereocenters. The summed E-state index contributed by atoms with van der Waals surface area (Å²) in [4.78, 5) is 27.0. The zero-order valence-electron chi connectivity index (χ0n) is 22.9. The number of hydrogen-bond donors (Lipinski definition) is 0. The van der Waals surface area contributed by atoms with Crippen LogP contribution in [0.25, 0.3) is 11.4 Å². The van der Waals surface area contributed by atoms with Gasteiger partial charge in [-0.15, -0.1) is 20.4 Å². The molecule has 1 amide bonds. The molecule has 3 aromatic rings. The Kier molecular flexibility index (Phi) is 8.73. The summed E-state index contributed by atoms with van der Waals surface area (Å²) >= 11 is 0. The van der Waals surface area contributed by atoms with Gasteiger partial charge in [-0.05, 0) is 36.0 Å². The fourth-order valence-corrected chi connectivity index (χ4v) is 4.06. The van der Waals surface area contributed by atoms with E-state index in [1.807, 2.05) is 63.2 Å². The van der Waals surface area contributed by atoms with Crippen molar-refractivity contribution in [1.29, 1.82) is 0 Å². The second kappa shape index (κ2) is 11.6. The van der Waals surface area contributed by atoms with Crippen molar-refractivity contribution in [1.82, 2.24) is 25.3 Å². The first-order chi connectivity index (χ1) is 17.3. The molecule has 1 atom stereocenters. The number of ether oxygens (including phenoxy) is 1. The van der Waals surface area contributed by atoms with Crippen LogP contribution in [0.15, 0.2) is 54.6 Å². The van der Waals surface area contributed by atoms with Crippen molar-refractivity contribution in [3.05, 3.63) is 66.0 Å². The van der Waals surface area contributed by atoms with Crippen LogP contribution in [0.4, 0.5) is 4.79 Å². The summed E-state index contributed by atoms with van der Waals surface area (Å²) in [5.74, 6) is 1.34. The maximum absolute atomic E-state index is 13.1. The monoisotopic (exact) mass is 503 g/mol. The van der Waals surface area contributed by atoms with Crippen molar-refractivity contribution >= 4 is 11.9 Å². The predicted octanol–water partition coefficient (Wildman–Crippen LogP) is 5.77. The van der Waals surface area contributed by atoms with E-state index in [0.29, 0.717) is 23.8 Å². The Hall–Kier alpha value is -3.68. The first-order valence-corrected chi connectivity index (χ1v) is 12.5. The zero-order chi connectivity index (χ0) is 27.2. The molecule has 0 saturated carbocycles. The maximum atomic E-state index is 13.1. The van der Waals surface area contributed by atoms with Gasteiger partial charge in [-0.3, -0.25) is 4.79 Å². The van der Waals surface area contributed by atoms with Gasteiger partial charge in [-0.2, -0.15) is 0 Å². The molecule has 0 aliphatic rings. The predicted molar refractivity (Wildman–Crippen MR) is 143 cm³/mol. The molecule has 1 aromatic heterocycles. The van der Waals surface area contributed by atoms with E-state index in [1.165, 1.54) is 4.90 Å². The lowest BCUT2D eigenvalue weighted by molar-refractivity contribution is -0.131. The highest BCUT2D eigenvalue weighted by Gasteiger charge is 2.32. The average molecular weight is 504 g/mol. The van der Waals surface area contributed by atoms with Gasteiger partial charge in [-0.25, -0.2) is 4.79 Å². The summed E-state index contributed by atoms with van der Waals surface area (Å²) in [7, 11) is 1.60. The maximum Gasteiger partial charge on any atom is 0.415 e. The number of Topliss-reactive ketones (excluding diaryl/α,β-unsaturated/α-hetero) is 1. The number of rotatable bonds is 8. The minimum Gasteiger partial charge on any atom is -0.410 e. The van der Waals surface area contributed by atoms with Gasteiger partial charge in [0.15, 0.2) is 5.82 Å². The van der Waals surface area contributed by atoms with E-state index < -0.39 is 11.5 Å². The van der Waals surface area contributed by atoms with Gasteiger partial charge in [-0.1, -0.05) is 84.0 Å². The number of carbonyl (C=O) groups is 2. The third-order valence-electron chi connectivity index (χ3n) is 5.82. The van der Waals surface area contributed by atoms with Crippen molar-refractivity contribution in [3.8, 4) is 17.1 Å². The lowest BCUT2D eigenvalue weighted by Gasteiger charge is -2.30. The van der Waals surface area contributed by atoms with Gasteiger partial charge in [0.1, 0.15) is 11.5 Å². The van der Waals surface area contributed by atoms with Gasteiger partial charge in [0.25, 0.3) is 0 Å². The Bertz CT molecular complexity index is 1180. The Morgan fingerprint density at radius 2 is 1.46 bits per heavy atom. The van der Waals surface area contributed by atoms with Crippen LogP contribution >= 0.6 is 0 Å². The Morgan fingerprint density at radius 1 is 0.865 bits per heavy atom. The molecule has 0 spiro atoms. The van der Waals surface area contributed by atoms with Crippen LogP contribution in [-0.4, -0.2) is 44.2 Å². The fraction of sp³-hybridized carbons (Fsp3) is 0.448. The van der Waals surface area contributed by atoms with Gasteiger partial charge < -0.3 is 9.64 Å². The molecule has 37 heavy (non-hydrogen) atoms. The highest BCUT2D eigenvalue weighted by Crippen LogP contribution is 2.32. The van der Waals surface area contributed by atoms with Crippen molar-refractivity contribution in [2.75, 3.05) is 7.05 Å². The number of nitrogens with zero attached hydrogens (tertiary/aromatic N) is 5. The van der Waals surface area contributed by atoms with E-state index in [2.05, 4.69) is 41.2 Å². The van der Waals surface area contributed by atoms with E-state index in [-0.39, 0.29) is 23.7 Å². The summed E-state index contributed by atoms with van der Waals surface area (Å²) in [6.07, 6.45) is 0.914. The Balaban J connectivity index is 1.59. The van der Waals surface area contributed by atoms with E-state index in [9.17, 15) is 9.59 Å². The average Bonchev–Trinajstić information content (AvgIpc) is 2.84. The summed E-state index contributed by atoms with van der Waals surface area (Å²) in [5.41, 5.74) is 1.50. The van der Waals surface area contributed by atoms with Gasteiger partial charge in [0.2, 0.25) is 5.82 Å². The molecule has 3 rings (SSSR count). The molecule has 0 aliphatic carbocycles. The fourth-order valence-electron chi connectivity index (χ4n) is 4.06. The quantitative estimate of drug-likeness (QED) is 0.384. The first-order valence-electron chi connectivity index (χ1n) is 12.5. The van der Waals surface area contributed by atoms with Crippen molar-refractivity contribution in [2.24, 2.45) is 16.7 Å². The molecule has 8 heteroatoms. The first kappa shape index (κ1) is 27.9. The van der Waals surface area contributed by atoms with Crippen LogP contribution in [0.5, 0.6) is 5.75 Å². The number of aromatic nitrogens is 4. The van der Waals surface area contributed by atoms with Crippen LogP contribution in [0.2, 0.25) is 0 Å². The number of benzene rings is 2. The number of ketones is 1. The second-order valence-electron chi connectivity index (χ2n) is 11.7. The minimum atomic E-state index is -0.544. The molecule has 0 saturated heterocycles. The minimum absolute atomic E-state index is 0.0439. The molecule has 0 fully saturated rings. The van der Waals surface area contributed by atoms with E-state index >= 15 is 0 Å². The molecule has 0 aliphatic heterocycles. The van der Waals surface area contributed by atoms with E-state index in [1.54, 1.807) is 19.2 Å². The van der Waals surface area contributed by atoms with Crippen LogP contribution in [0.3, 0.4) is 0 Å². The van der Waals surface area contributed by atoms with Crippen molar-refractivity contribution < 1.29 is 14.3 Å². The van der Waals surface area contributed by atoms with Crippen LogP contribution in [-0.2, 0) is 17.8 Å². The molecule has 196 valence electrons. The highest BCUT2D eigenvalue weighted by molar-refractivity contribution is 5.86. The normalized spacial score (nSPS) is 12.6. The topological polar surface area (TPSA) is 98.2 Å². The smallest absolute Gasteiger partial charge is 0.410 e. The molecule has 2 aromatic carbocycles. The number of hydrogen-bond acceptors (Lipinski definition) is 7. The number of carbonyl (C=O) groups excluding carboxylic acids is 2. The molecule has 8 nitrogen and oxygen atoms in total. The lowest BCUT2D eigenvalue weighted by Crippen LogP contribution is -2.32. The SMILES string of the molecule is CN(Cc1nnc(-c2ccccc2)nn1)C(=O)Oc1ccc(C[C@@H](CC(C)(C)C)C(=O)C(C)(C)C)cc1. The zero-order valence-corrected chi connectivity index (χ0v) is 22.9. The molecule has 0 bridgehead atoms. The standard InChI is InChI=1S/C29H37N5O3/c1-28(2,3)18-22(25(35)29(4,5)6)17-20-13-15-23(16-14-20)37-27(36)34(7)19-24-30-32-26(33-31-24)21-11-9-8-10-12-21/h8-16,22H,17-19H2,1-7H3/t22-/m0/s1. The second-order valence-corrected chi connectivity index (χ2v) is 11.7. The van der Waals surface area contributed by atoms with Crippen molar-refractivity contribution in [3.63, 3.8) is 0 Å². The third-order valence-corrected chi connectivity index (χ3v) is 5.82. The highest BCUT2D eigenvalue weighted by atomic mass is 16.6. The van der Waals surface area contributed by atoms with Gasteiger partial charge in [0.05, 0.1) is 6.54 Å². The summed E-state index contributed by atoms with van der Waals surface area (Å²) in [6.45, 7) is 12.5. The van der Waals surface area contributed by atoms with Crippen LogP contribution in [0.1, 0.15) is 59.4 Å². The summed E-state index contributed by atoms with van der Waals surface area (Å²) in [6, 6.07) is 16.8. The van der Waals surface area contributed by atoms with Gasteiger partial charge in [0, 0.05) is 23.9 Å². The van der Waals surface area contributed by atoms with Crippen LogP contribution in [0, 0.1) is 16.7 Å². The van der Waals surface area contributed by atoms with Gasteiger partial charge >= 0.3 is 6.09 Å². The van der Waals surface area contributed by atoms with Crippen LogP contribution < -0.4 is 4.74 Å². The molecule has 1 heterocycles. The molecular weight excluding hydrogens is 466 g/mol. The summed E-state index contributed by atoms with van der Waals surface area (Å²) in [5, 5.41) is 16.4. The third kappa shape index (κ3) is 8.44. The van der Waals surface area contributed by atoms with E-state index in [4.69, 9.17) is 4.74 Å². The number of amides is 1. The Labute approximate surface area is 219 Å². The summed E-state index contributed by atoms with van der Waals surface area (Å²) < 4.78 is 5.51. The lowest BCUT2D eigenvalue weighted by atomic mass is 9.73. The Morgan fingerprint density at radius 3 is 2.00 bits per heavy atom. The molecule has 0 N–H and O–H groups in total. The molecular formula is C29H37N5O3.